The van der Waals surface area contributed by atoms with Crippen LogP contribution in [0.25, 0.3) is 17.3 Å². The molecule has 7 heteroatoms. The van der Waals surface area contributed by atoms with Gasteiger partial charge in [-0.05, 0) is 30.7 Å². The van der Waals surface area contributed by atoms with Crippen LogP contribution in [-0.2, 0) is 16.1 Å². The van der Waals surface area contributed by atoms with Crippen molar-refractivity contribution in [2.75, 3.05) is 32.8 Å². The van der Waals surface area contributed by atoms with Crippen LogP contribution in [0.3, 0.4) is 0 Å². The molecule has 0 spiro atoms. The summed E-state index contributed by atoms with van der Waals surface area (Å²) in [6.45, 7) is 6.70. The standard InChI is InChI=1S/C25H29N5O2/c1-20(29-12-14-32-15-13-29)16-27-24(31)10-9-23-19-30(18-21-6-3-2-4-7-21)28-25(23)22-8-5-11-26-17-22/h2-11,17,19-20H,12-16,18H2,1H3,(H,27,31). The van der Waals surface area contributed by atoms with E-state index >= 15 is 0 Å². The highest BCUT2D eigenvalue weighted by molar-refractivity contribution is 5.92. The van der Waals surface area contributed by atoms with E-state index in [2.05, 4.69) is 34.3 Å². The molecule has 0 saturated carbocycles. The fraction of sp³-hybridized carbons (Fsp3) is 0.320. The van der Waals surface area contributed by atoms with Crippen LogP contribution in [-0.4, -0.2) is 64.5 Å². The number of carbonyl (C=O) groups is 1. The Balaban J connectivity index is 1.45. The Hall–Kier alpha value is -3.29. The normalized spacial score (nSPS) is 15.7. The number of nitrogens with one attached hydrogen (secondary N) is 1. The van der Waals surface area contributed by atoms with Gasteiger partial charge in [0, 0.05) is 61.5 Å². The zero-order valence-electron chi connectivity index (χ0n) is 18.4. The number of morpholine rings is 1. The van der Waals surface area contributed by atoms with Crippen molar-refractivity contribution in [3.05, 3.63) is 78.3 Å². The maximum atomic E-state index is 12.5. The summed E-state index contributed by atoms with van der Waals surface area (Å²) >= 11 is 0. The van der Waals surface area contributed by atoms with Crippen LogP contribution in [0.15, 0.2) is 67.1 Å². The molecular formula is C25H29N5O2. The average molecular weight is 432 g/mol. The van der Waals surface area contributed by atoms with Crippen LogP contribution in [0, 0.1) is 0 Å². The molecule has 32 heavy (non-hydrogen) atoms. The van der Waals surface area contributed by atoms with Crippen molar-refractivity contribution in [2.45, 2.75) is 19.5 Å². The van der Waals surface area contributed by atoms with E-state index in [1.54, 1.807) is 18.5 Å². The molecule has 1 atom stereocenters. The van der Waals surface area contributed by atoms with Crippen LogP contribution in [0.5, 0.6) is 0 Å². The maximum absolute atomic E-state index is 12.5. The Morgan fingerprint density at radius 1 is 1.19 bits per heavy atom. The van der Waals surface area contributed by atoms with Crippen molar-refractivity contribution < 1.29 is 9.53 Å². The highest BCUT2D eigenvalue weighted by atomic mass is 16.5. The quantitative estimate of drug-likeness (QED) is 0.556. The Morgan fingerprint density at radius 3 is 2.75 bits per heavy atom. The van der Waals surface area contributed by atoms with Gasteiger partial charge in [0.15, 0.2) is 0 Å². The summed E-state index contributed by atoms with van der Waals surface area (Å²) in [5.74, 6) is -0.113. The molecule has 1 aliphatic rings. The molecule has 1 N–H and O–H groups in total. The average Bonchev–Trinajstić information content (AvgIpc) is 3.25. The minimum absolute atomic E-state index is 0.113. The third kappa shape index (κ3) is 5.90. The first kappa shape index (κ1) is 21.9. The van der Waals surface area contributed by atoms with Gasteiger partial charge in [0.25, 0.3) is 0 Å². The number of carbonyl (C=O) groups excluding carboxylic acids is 1. The molecule has 1 aromatic carbocycles. The van der Waals surface area contributed by atoms with Crippen molar-refractivity contribution in [2.24, 2.45) is 0 Å². The van der Waals surface area contributed by atoms with E-state index < -0.39 is 0 Å². The largest absolute Gasteiger partial charge is 0.379 e. The monoisotopic (exact) mass is 431 g/mol. The van der Waals surface area contributed by atoms with Crippen molar-refractivity contribution in [1.29, 1.82) is 0 Å². The highest BCUT2D eigenvalue weighted by Crippen LogP contribution is 2.23. The molecular weight excluding hydrogens is 402 g/mol. The summed E-state index contributed by atoms with van der Waals surface area (Å²) in [6.07, 6.45) is 8.90. The van der Waals surface area contributed by atoms with E-state index in [9.17, 15) is 4.79 Å². The predicted molar refractivity (Wildman–Crippen MR) is 125 cm³/mol. The zero-order valence-corrected chi connectivity index (χ0v) is 18.4. The highest BCUT2D eigenvalue weighted by Gasteiger charge is 2.17. The number of pyridine rings is 1. The van der Waals surface area contributed by atoms with Gasteiger partial charge in [-0.2, -0.15) is 5.10 Å². The Bertz CT molecular complexity index is 1030. The maximum Gasteiger partial charge on any atom is 0.244 e. The van der Waals surface area contributed by atoms with Crippen LogP contribution in [0.2, 0.25) is 0 Å². The SMILES string of the molecule is CC(CNC(=O)C=Cc1cn(Cc2ccccc2)nc1-c1cccnc1)N1CCOCC1. The van der Waals surface area contributed by atoms with Crippen LogP contribution >= 0.6 is 0 Å². The Kier molecular flexibility index (Phi) is 7.42. The van der Waals surface area contributed by atoms with E-state index in [1.807, 2.05) is 47.3 Å². The summed E-state index contributed by atoms with van der Waals surface area (Å²) in [5, 5.41) is 7.77. The first-order valence-corrected chi connectivity index (χ1v) is 11.0. The second-order valence-corrected chi connectivity index (χ2v) is 7.93. The minimum Gasteiger partial charge on any atom is -0.379 e. The van der Waals surface area contributed by atoms with Gasteiger partial charge in [0.05, 0.1) is 19.8 Å². The molecule has 166 valence electrons. The molecule has 1 aliphatic heterocycles. The number of ether oxygens (including phenoxy) is 1. The lowest BCUT2D eigenvalue weighted by Crippen LogP contribution is -2.47. The first-order chi connectivity index (χ1) is 15.7. The number of nitrogens with zero attached hydrogens (tertiary/aromatic N) is 4. The molecule has 1 saturated heterocycles. The van der Waals surface area contributed by atoms with Gasteiger partial charge in [0.2, 0.25) is 5.91 Å². The Morgan fingerprint density at radius 2 is 2.00 bits per heavy atom. The number of hydrogen-bond donors (Lipinski definition) is 1. The van der Waals surface area contributed by atoms with Gasteiger partial charge in [0.1, 0.15) is 5.69 Å². The summed E-state index contributed by atoms with van der Waals surface area (Å²) in [7, 11) is 0. The molecule has 0 bridgehead atoms. The minimum atomic E-state index is -0.113. The van der Waals surface area contributed by atoms with E-state index in [4.69, 9.17) is 9.84 Å². The number of rotatable bonds is 8. The van der Waals surface area contributed by atoms with E-state index in [1.165, 1.54) is 0 Å². The smallest absolute Gasteiger partial charge is 0.244 e. The zero-order chi connectivity index (χ0) is 22.2. The van der Waals surface area contributed by atoms with Gasteiger partial charge in [-0.25, -0.2) is 0 Å². The third-order valence-corrected chi connectivity index (χ3v) is 5.57. The Labute approximate surface area is 188 Å². The molecule has 4 rings (SSSR count). The molecule has 1 unspecified atom stereocenters. The molecule has 7 nitrogen and oxygen atoms in total. The second-order valence-electron chi connectivity index (χ2n) is 7.93. The summed E-state index contributed by atoms with van der Waals surface area (Å²) in [6, 6.07) is 14.3. The first-order valence-electron chi connectivity index (χ1n) is 11.0. The van der Waals surface area contributed by atoms with Gasteiger partial charge in [-0.3, -0.25) is 19.4 Å². The van der Waals surface area contributed by atoms with Crippen molar-refractivity contribution in [1.82, 2.24) is 25.0 Å². The fourth-order valence-corrected chi connectivity index (χ4v) is 3.76. The summed E-state index contributed by atoms with van der Waals surface area (Å²) in [5.41, 5.74) is 3.77. The van der Waals surface area contributed by atoms with Crippen LogP contribution in [0.1, 0.15) is 18.1 Å². The van der Waals surface area contributed by atoms with Crippen LogP contribution < -0.4 is 5.32 Å². The lowest BCUT2D eigenvalue weighted by atomic mass is 10.1. The lowest BCUT2D eigenvalue weighted by Gasteiger charge is -2.32. The fourth-order valence-electron chi connectivity index (χ4n) is 3.76. The lowest BCUT2D eigenvalue weighted by molar-refractivity contribution is -0.116. The molecule has 1 fully saturated rings. The molecule has 0 aliphatic carbocycles. The van der Waals surface area contributed by atoms with Gasteiger partial charge in [-0.1, -0.05) is 30.3 Å². The second kappa shape index (κ2) is 10.8. The number of benzene rings is 1. The molecule has 3 aromatic rings. The van der Waals surface area contributed by atoms with Gasteiger partial charge >= 0.3 is 0 Å². The number of amides is 1. The van der Waals surface area contributed by atoms with Gasteiger partial charge < -0.3 is 10.1 Å². The number of aromatic nitrogens is 3. The molecule has 0 radical (unpaired) electrons. The summed E-state index contributed by atoms with van der Waals surface area (Å²) in [4.78, 5) is 19.0. The topological polar surface area (TPSA) is 72.3 Å². The summed E-state index contributed by atoms with van der Waals surface area (Å²) < 4.78 is 7.30. The van der Waals surface area contributed by atoms with Gasteiger partial charge in [-0.15, -0.1) is 0 Å². The molecule has 3 heterocycles. The van der Waals surface area contributed by atoms with E-state index in [0.29, 0.717) is 13.1 Å². The van der Waals surface area contributed by atoms with Crippen molar-refractivity contribution in [3.63, 3.8) is 0 Å². The van der Waals surface area contributed by atoms with Crippen LogP contribution in [0.4, 0.5) is 0 Å². The van der Waals surface area contributed by atoms with E-state index in [-0.39, 0.29) is 11.9 Å². The molecule has 1 amide bonds. The molecule has 2 aromatic heterocycles. The predicted octanol–water partition coefficient (Wildman–Crippen LogP) is 2.84. The number of hydrogen-bond acceptors (Lipinski definition) is 5. The van der Waals surface area contributed by atoms with Crippen molar-refractivity contribution in [3.8, 4) is 11.3 Å². The third-order valence-electron chi connectivity index (χ3n) is 5.57. The van der Waals surface area contributed by atoms with Crippen molar-refractivity contribution >= 4 is 12.0 Å². The van der Waals surface area contributed by atoms with E-state index in [0.717, 1.165) is 48.7 Å².